The van der Waals surface area contributed by atoms with Crippen LogP contribution >= 0.6 is 9.47 Å². The molecule has 2 aromatic carbocycles. The van der Waals surface area contributed by atoms with Gasteiger partial charge in [0.15, 0.2) is 0 Å². The molecule has 0 saturated heterocycles. The van der Waals surface area contributed by atoms with Crippen LogP contribution < -0.4 is 4.52 Å². The van der Waals surface area contributed by atoms with Crippen molar-refractivity contribution in [3.05, 3.63) is 51.1 Å². The van der Waals surface area contributed by atoms with E-state index >= 15 is 0 Å². The van der Waals surface area contributed by atoms with Crippen molar-refractivity contribution >= 4 is 9.47 Å². The van der Waals surface area contributed by atoms with E-state index in [4.69, 9.17) is 4.52 Å². The van der Waals surface area contributed by atoms with Gasteiger partial charge in [0.2, 0.25) is 0 Å². The van der Waals surface area contributed by atoms with E-state index in [0.717, 1.165) is 5.75 Å². The third kappa shape index (κ3) is 2.60. The van der Waals surface area contributed by atoms with Gasteiger partial charge in [-0.15, -0.1) is 0 Å². The average Bonchev–Trinajstić information content (AvgIpc) is 2.45. The molecule has 0 N–H and O–H groups in total. The number of hydrogen-bond donors (Lipinski definition) is 0. The van der Waals surface area contributed by atoms with E-state index in [0.29, 0.717) is 0 Å². The molecular formula is C19H25OP. The summed E-state index contributed by atoms with van der Waals surface area (Å²) in [6, 6.07) is 4.22. The Hall–Kier alpha value is -1.33. The van der Waals surface area contributed by atoms with E-state index in [-0.39, 0.29) is 0 Å². The molecule has 2 aromatic rings. The second kappa shape index (κ2) is 5.81. The Morgan fingerprint density at radius 3 is 1.38 bits per heavy atom. The van der Waals surface area contributed by atoms with Gasteiger partial charge in [-0.25, -0.2) is 0 Å². The zero-order valence-electron chi connectivity index (χ0n) is 14.1. The fourth-order valence-electron chi connectivity index (χ4n) is 3.26. The van der Waals surface area contributed by atoms with E-state index in [1.54, 1.807) is 0 Å². The molecule has 2 heteroatoms. The van der Waals surface area contributed by atoms with Crippen LogP contribution in [-0.4, -0.2) is 0 Å². The van der Waals surface area contributed by atoms with Gasteiger partial charge in [-0.05, 0) is 111 Å². The average molecular weight is 300 g/mol. The van der Waals surface area contributed by atoms with Crippen molar-refractivity contribution in [2.45, 2.75) is 48.5 Å². The summed E-state index contributed by atoms with van der Waals surface area (Å²) < 4.78 is 5.31. The molecule has 0 aromatic heterocycles. The Kier molecular flexibility index (Phi) is 4.44. The van der Waals surface area contributed by atoms with Gasteiger partial charge in [-0.1, -0.05) is 0 Å². The van der Waals surface area contributed by atoms with Crippen LogP contribution in [-0.2, 0) is 0 Å². The topological polar surface area (TPSA) is 9.23 Å². The van der Waals surface area contributed by atoms with Crippen LogP contribution in [0.3, 0.4) is 0 Å². The highest BCUT2D eigenvalue weighted by Gasteiger charge is 2.17. The summed E-state index contributed by atoms with van der Waals surface area (Å²) in [5.74, 6) is 0.898. The molecule has 0 spiro atoms. The molecule has 1 unspecified atom stereocenters. The highest BCUT2D eigenvalue weighted by molar-refractivity contribution is 7.10. The fourth-order valence-corrected chi connectivity index (χ4v) is 3.40. The molecule has 112 valence electrons. The standard InChI is InChI=1S/C19H25OP/c1-10-8-17(20-21)9-11(2)18(10)19-15(6)13(4)12(3)14(5)16(19)7/h8-9H,21H2,1-7H3. The van der Waals surface area contributed by atoms with E-state index in [1.165, 1.54) is 50.1 Å². The molecule has 21 heavy (non-hydrogen) atoms. The van der Waals surface area contributed by atoms with Gasteiger partial charge in [0.05, 0.1) is 9.47 Å². The quantitative estimate of drug-likeness (QED) is 0.648. The summed E-state index contributed by atoms with van der Waals surface area (Å²) in [6.45, 7) is 15.5. The van der Waals surface area contributed by atoms with Crippen molar-refractivity contribution in [2.24, 2.45) is 0 Å². The van der Waals surface area contributed by atoms with Crippen LogP contribution in [0.4, 0.5) is 0 Å². The maximum absolute atomic E-state index is 5.31. The van der Waals surface area contributed by atoms with Crippen LogP contribution in [0.5, 0.6) is 5.75 Å². The molecule has 0 radical (unpaired) electrons. The van der Waals surface area contributed by atoms with Gasteiger partial charge >= 0.3 is 0 Å². The molecule has 0 fully saturated rings. The minimum atomic E-state index is 0.898. The lowest BCUT2D eigenvalue weighted by Gasteiger charge is -2.22. The Balaban J connectivity index is 2.86. The number of hydrogen-bond acceptors (Lipinski definition) is 1. The third-order valence-electron chi connectivity index (χ3n) is 4.89. The zero-order valence-corrected chi connectivity index (χ0v) is 15.3. The van der Waals surface area contributed by atoms with Crippen molar-refractivity contribution in [3.8, 4) is 16.9 Å². The van der Waals surface area contributed by atoms with Crippen molar-refractivity contribution in [1.29, 1.82) is 0 Å². The lowest BCUT2D eigenvalue weighted by Crippen LogP contribution is -2.02. The van der Waals surface area contributed by atoms with Crippen molar-refractivity contribution in [3.63, 3.8) is 0 Å². The fraction of sp³-hybridized carbons (Fsp3) is 0.368. The van der Waals surface area contributed by atoms with E-state index in [1.807, 2.05) is 0 Å². The van der Waals surface area contributed by atoms with E-state index in [2.05, 4.69) is 70.1 Å². The van der Waals surface area contributed by atoms with Crippen LogP contribution in [0.15, 0.2) is 12.1 Å². The first-order valence-electron chi connectivity index (χ1n) is 7.34. The van der Waals surface area contributed by atoms with Crippen LogP contribution in [0.2, 0.25) is 0 Å². The Morgan fingerprint density at radius 1 is 0.619 bits per heavy atom. The monoisotopic (exact) mass is 300 g/mol. The van der Waals surface area contributed by atoms with Crippen molar-refractivity contribution in [1.82, 2.24) is 0 Å². The summed E-state index contributed by atoms with van der Waals surface area (Å²) >= 11 is 0. The van der Waals surface area contributed by atoms with Crippen LogP contribution in [0.1, 0.15) is 38.9 Å². The molecule has 0 heterocycles. The lowest BCUT2D eigenvalue weighted by molar-refractivity contribution is 0.644. The van der Waals surface area contributed by atoms with E-state index in [9.17, 15) is 0 Å². The first-order valence-corrected chi connectivity index (χ1v) is 7.82. The van der Waals surface area contributed by atoms with Crippen molar-refractivity contribution in [2.75, 3.05) is 0 Å². The molecule has 0 aliphatic heterocycles. The summed E-state index contributed by atoms with van der Waals surface area (Å²) in [5.41, 5.74) is 12.3. The van der Waals surface area contributed by atoms with Crippen LogP contribution in [0.25, 0.3) is 11.1 Å². The van der Waals surface area contributed by atoms with Crippen LogP contribution in [0, 0.1) is 48.5 Å². The summed E-state index contributed by atoms with van der Waals surface area (Å²) in [4.78, 5) is 0. The normalized spacial score (nSPS) is 10.9. The second-order valence-corrected chi connectivity index (χ2v) is 6.29. The number of rotatable bonds is 2. The summed E-state index contributed by atoms with van der Waals surface area (Å²) in [5, 5.41) is 0. The molecular weight excluding hydrogens is 275 g/mol. The molecule has 1 nitrogen and oxygen atoms in total. The smallest absolute Gasteiger partial charge is 0.123 e. The van der Waals surface area contributed by atoms with Crippen molar-refractivity contribution < 1.29 is 4.52 Å². The van der Waals surface area contributed by atoms with Gasteiger partial charge in [0.25, 0.3) is 0 Å². The first-order chi connectivity index (χ1) is 9.79. The first kappa shape index (κ1) is 16.0. The van der Waals surface area contributed by atoms with Gasteiger partial charge in [0, 0.05) is 0 Å². The second-order valence-electron chi connectivity index (χ2n) is 6.05. The molecule has 0 aliphatic carbocycles. The number of benzene rings is 2. The molecule has 0 aliphatic rings. The minimum Gasteiger partial charge on any atom is -0.480 e. The largest absolute Gasteiger partial charge is 0.480 e. The van der Waals surface area contributed by atoms with Gasteiger partial charge in [-0.3, -0.25) is 0 Å². The predicted molar refractivity (Wildman–Crippen MR) is 95.4 cm³/mol. The van der Waals surface area contributed by atoms with E-state index < -0.39 is 0 Å². The lowest BCUT2D eigenvalue weighted by atomic mass is 9.83. The SMILES string of the molecule is Cc1cc(OP)cc(C)c1-c1c(C)c(C)c(C)c(C)c1C. The Bertz CT molecular complexity index is 662. The molecule has 2 rings (SSSR count). The zero-order chi connectivity index (χ0) is 15.9. The Morgan fingerprint density at radius 2 is 1.00 bits per heavy atom. The molecule has 0 amide bonds. The van der Waals surface area contributed by atoms with Gasteiger partial charge in [0.1, 0.15) is 5.75 Å². The predicted octanol–water partition coefficient (Wildman–Crippen LogP) is 5.68. The van der Waals surface area contributed by atoms with Gasteiger partial charge in [-0.2, -0.15) is 0 Å². The highest BCUT2D eigenvalue weighted by Crippen LogP contribution is 2.39. The third-order valence-corrected chi connectivity index (χ3v) is 5.16. The highest BCUT2D eigenvalue weighted by atomic mass is 31.0. The number of aryl methyl sites for hydroxylation is 2. The minimum absolute atomic E-state index is 0.898. The molecule has 0 saturated carbocycles. The molecule has 1 atom stereocenters. The maximum Gasteiger partial charge on any atom is 0.123 e. The Labute approximate surface area is 131 Å². The van der Waals surface area contributed by atoms with Gasteiger partial charge < -0.3 is 4.52 Å². The summed E-state index contributed by atoms with van der Waals surface area (Å²) in [6.07, 6.45) is 0. The summed E-state index contributed by atoms with van der Waals surface area (Å²) in [7, 11) is 2.32. The maximum atomic E-state index is 5.31. The molecule has 0 bridgehead atoms.